The summed E-state index contributed by atoms with van der Waals surface area (Å²) < 4.78 is 78.2. The third-order valence-electron chi connectivity index (χ3n) is 2.62. The molecule has 0 amide bonds. The zero-order chi connectivity index (χ0) is 15.8. The second-order valence-electron chi connectivity index (χ2n) is 4.17. The Labute approximate surface area is 115 Å². The van der Waals surface area contributed by atoms with E-state index in [1.165, 1.54) is 0 Å². The third kappa shape index (κ3) is 3.21. The quantitative estimate of drug-likeness (QED) is 0.635. The molecule has 0 bridgehead atoms. The van der Waals surface area contributed by atoms with Crippen LogP contribution in [-0.4, -0.2) is 0 Å². The van der Waals surface area contributed by atoms with Gasteiger partial charge in [-0.1, -0.05) is 0 Å². The van der Waals surface area contributed by atoms with Gasteiger partial charge < -0.3 is 11.1 Å². The van der Waals surface area contributed by atoms with Crippen molar-refractivity contribution in [2.45, 2.75) is 6.18 Å². The van der Waals surface area contributed by atoms with Gasteiger partial charge >= 0.3 is 6.18 Å². The highest BCUT2D eigenvalue weighted by Crippen LogP contribution is 2.38. The summed E-state index contributed by atoms with van der Waals surface area (Å²) in [7, 11) is 0. The van der Waals surface area contributed by atoms with Crippen molar-refractivity contribution in [3.63, 3.8) is 0 Å². The Hall–Kier alpha value is -2.38. The maximum absolute atomic E-state index is 13.5. The van der Waals surface area contributed by atoms with Crippen molar-refractivity contribution in [3.8, 4) is 0 Å². The summed E-state index contributed by atoms with van der Waals surface area (Å²) in [4.78, 5) is 0. The zero-order valence-corrected chi connectivity index (χ0v) is 10.2. The number of benzene rings is 2. The first-order valence-corrected chi connectivity index (χ1v) is 5.57. The van der Waals surface area contributed by atoms with Crippen LogP contribution in [0.3, 0.4) is 0 Å². The van der Waals surface area contributed by atoms with Crippen molar-refractivity contribution in [1.82, 2.24) is 0 Å². The number of rotatable bonds is 2. The van der Waals surface area contributed by atoms with Gasteiger partial charge in [0.1, 0.15) is 11.5 Å². The average molecular weight is 306 g/mol. The summed E-state index contributed by atoms with van der Waals surface area (Å²) in [6, 6.07) is 3.41. The first-order valence-electron chi connectivity index (χ1n) is 5.57. The van der Waals surface area contributed by atoms with E-state index in [1.54, 1.807) is 0 Å². The molecule has 0 aromatic heterocycles. The molecule has 0 saturated heterocycles. The Morgan fingerprint density at radius 3 is 2.00 bits per heavy atom. The van der Waals surface area contributed by atoms with Crippen LogP contribution < -0.4 is 11.1 Å². The second kappa shape index (κ2) is 5.19. The molecular formula is C13H8F6N2. The molecule has 0 fully saturated rings. The van der Waals surface area contributed by atoms with E-state index in [9.17, 15) is 26.3 Å². The van der Waals surface area contributed by atoms with E-state index in [4.69, 9.17) is 5.73 Å². The molecule has 0 aliphatic rings. The van der Waals surface area contributed by atoms with Crippen LogP contribution in [0.1, 0.15) is 5.56 Å². The summed E-state index contributed by atoms with van der Waals surface area (Å²) in [6.07, 6.45) is -4.77. The Balaban J connectivity index is 2.50. The molecule has 0 spiro atoms. The van der Waals surface area contributed by atoms with E-state index < -0.39 is 40.6 Å². The van der Waals surface area contributed by atoms with E-state index in [0.29, 0.717) is 18.2 Å². The van der Waals surface area contributed by atoms with Crippen molar-refractivity contribution in [3.05, 3.63) is 53.3 Å². The predicted molar refractivity (Wildman–Crippen MR) is 65.5 cm³/mol. The molecule has 0 saturated carbocycles. The Morgan fingerprint density at radius 2 is 1.48 bits per heavy atom. The molecule has 21 heavy (non-hydrogen) atoms. The van der Waals surface area contributed by atoms with E-state index in [2.05, 4.69) is 0 Å². The standard InChI is InChI=1S/C13H8F6N2/c14-6-3-9(15)12(10(16)4-6)21-11-2-1-7(20)5-8(11)13(17,18)19/h1-5,21H,20H2. The molecule has 2 aromatic rings. The van der Waals surface area contributed by atoms with Gasteiger partial charge in [0.05, 0.1) is 11.3 Å². The van der Waals surface area contributed by atoms with Crippen LogP contribution in [0.4, 0.5) is 43.4 Å². The van der Waals surface area contributed by atoms with Crippen molar-refractivity contribution in [2.24, 2.45) is 0 Å². The highest BCUT2D eigenvalue weighted by atomic mass is 19.4. The van der Waals surface area contributed by atoms with Crippen LogP contribution in [0.2, 0.25) is 0 Å². The largest absolute Gasteiger partial charge is 0.418 e. The monoisotopic (exact) mass is 306 g/mol. The number of hydrogen-bond acceptors (Lipinski definition) is 2. The SMILES string of the molecule is Nc1ccc(Nc2c(F)cc(F)cc2F)c(C(F)(F)F)c1. The fourth-order valence-electron chi connectivity index (χ4n) is 1.70. The topological polar surface area (TPSA) is 38.0 Å². The maximum Gasteiger partial charge on any atom is 0.418 e. The Kier molecular flexibility index (Phi) is 3.71. The molecule has 112 valence electrons. The van der Waals surface area contributed by atoms with Gasteiger partial charge in [-0.15, -0.1) is 0 Å². The van der Waals surface area contributed by atoms with Crippen molar-refractivity contribution < 1.29 is 26.3 Å². The van der Waals surface area contributed by atoms with E-state index >= 15 is 0 Å². The molecule has 0 atom stereocenters. The first-order chi connectivity index (χ1) is 9.68. The molecule has 0 unspecified atom stereocenters. The lowest BCUT2D eigenvalue weighted by Gasteiger charge is -2.16. The van der Waals surface area contributed by atoms with Gasteiger partial charge in [0, 0.05) is 17.8 Å². The molecule has 0 aliphatic heterocycles. The van der Waals surface area contributed by atoms with Crippen LogP contribution in [0.15, 0.2) is 30.3 Å². The molecule has 0 heterocycles. The van der Waals surface area contributed by atoms with Gasteiger partial charge in [-0.3, -0.25) is 0 Å². The first kappa shape index (κ1) is 15.0. The summed E-state index contributed by atoms with van der Waals surface area (Å²) in [5.41, 5.74) is 2.44. The molecule has 2 rings (SSSR count). The summed E-state index contributed by atoms with van der Waals surface area (Å²) >= 11 is 0. The minimum absolute atomic E-state index is 0.159. The summed E-state index contributed by atoms with van der Waals surface area (Å²) in [5.74, 6) is -3.88. The average Bonchev–Trinajstić information content (AvgIpc) is 2.34. The van der Waals surface area contributed by atoms with Crippen molar-refractivity contribution in [1.29, 1.82) is 0 Å². The fraction of sp³-hybridized carbons (Fsp3) is 0.0769. The van der Waals surface area contributed by atoms with Gasteiger partial charge in [0.25, 0.3) is 0 Å². The lowest BCUT2D eigenvalue weighted by Crippen LogP contribution is -2.10. The zero-order valence-electron chi connectivity index (χ0n) is 10.2. The minimum atomic E-state index is -4.77. The normalized spacial score (nSPS) is 11.5. The summed E-state index contributed by atoms with van der Waals surface area (Å²) in [5, 5.41) is 1.98. The molecule has 8 heteroatoms. The smallest absolute Gasteiger partial charge is 0.399 e. The number of hydrogen-bond donors (Lipinski definition) is 2. The number of anilines is 3. The van der Waals surface area contributed by atoms with Crippen LogP contribution in [0, 0.1) is 17.5 Å². The van der Waals surface area contributed by atoms with Crippen molar-refractivity contribution >= 4 is 17.1 Å². The molecule has 2 aromatic carbocycles. The highest BCUT2D eigenvalue weighted by Gasteiger charge is 2.34. The molecular weight excluding hydrogens is 298 g/mol. The molecule has 0 radical (unpaired) electrons. The van der Waals surface area contributed by atoms with Gasteiger partial charge in [-0.25, -0.2) is 13.2 Å². The van der Waals surface area contributed by atoms with Crippen LogP contribution in [0.25, 0.3) is 0 Å². The van der Waals surface area contributed by atoms with Gasteiger partial charge in [0.2, 0.25) is 0 Å². The van der Waals surface area contributed by atoms with Crippen molar-refractivity contribution in [2.75, 3.05) is 11.1 Å². The number of nitrogen functional groups attached to an aromatic ring is 1. The number of nitrogens with two attached hydrogens (primary N) is 1. The molecule has 2 nitrogen and oxygen atoms in total. The van der Waals surface area contributed by atoms with Crippen LogP contribution in [-0.2, 0) is 6.18 Å². The van der Waals surface area contributed by atoms with Gasteiger partial charge in [-0.05, 0) is 18.2 Å². The minimum Gasteiger partial charge on any atom is -0.399 e. The summed E-state index contributed by atoms with van der Waals surface area (Å²) in [6.45, 7) is 0. The number of nitrogens with one attached hydrogen (secondary N) is 1. The lowest BCUT2D eigenvalue weighted by molar-refractivity contribution is -0.136. The molecule has 0 aliphatic carbocycles. The fourth-order valence-corrected chi connectivity index (χ4v) is 1.70. The number of alkyl halides is 3. The van der Waals surface area contributed by atoms with Crippen LogP contribution >= 0.6 is 0 Å². The van der Waals surface area contributed by atoms with Gasteiger partial charge in [-0.2, -0.15) is 13.2 Å². The second-order valence-corrected chi connectivity index (χ2v) is 4.17. The predicted octanol–water partition coefficient (Wildman–Crippen LogP) is 4.45. The van der Waals surface area contributed by atoms with Gasteiger partial charge in [0.15, 0.2) is 11.6 Å². The Morgan fingerprint density at radius 1 is 0.905 bits per heavy atom. The van der Waals surface area contributed by atoms with E-state index in [-0.39, 0.29) is 5.69 Å². The lowest BCUT2D eigenvalue weighted by atomic mass is 10.1. The third-order valence-corrected chi connectivity index (χ3v) is 2.62. The molecule has 3 N–H and O–H groups in total. The maximum atomic E-state index is 13.5. The highest BCUT2D eigenvalue weighted by molar-refractivity contribution is 5.67. The number of halogens is 6. The van der Waals surface area contributed by atoms with Crippen LogP contribution in [0.5, 0.6) is 0 Å². The Bertz CT molecular complexity index is 658. The van der Waals surface area contributed by atoms with E-state index in [0.717, 1.165) is 12.1 Å². The van der Waals surface area contributed by atoms with E-state index in [1.807, 2.05) is 5.32 Å².